The largest absolute Gasteiger partial charge is 0.352 e. The third-order valence-corrected chi connectivity index (χ3v) is 6.37. The van der Waals surface area contributed by atoms with Crippen molar-refractivity contribution in [3.8, 4) is 10.4 Å². The average molecular weight is 449 g/mol. The number of rotatable bonds is 5. The van der Waals surface area contributed by atoms with Gasteiger partial charge in [0.1, 0.15) is 5.82 Å². The molecular weight excluding hydrogens is 430 g/mol. The van der Waals surface area contributed by atoms with Crippen LogP contribution < -0.4 is 16.3 Å². The van der Waals surface area contributed by atoms with Gasteiger partial charge in [-0.1, -0.05) is 0 Å². The molecule has 0 spiro atoms. The number of carbonyl (C=O) groups excluding carboxylic acids is 2. The van der Waals surface area contributed by atoms with Gasteiger partial charge in [0.2, 0.25) is 0 Å². The van der Waals surface area contributed by atoms with E-state index in [2.05, 4.69) is 30.8 Å². The number of amides is 2. The van der Waals surface area contributed by atoms with E-state index in [0.717, 1.165) is 10.4 Å². The van der Waals surface area contributed by atoms with Crippen LogP contribution in [-0.4, -0.2) is 43.1 Å². The molecule has 32 heavy (non-hydrogen) atoms. The summed E-state index contributed by atoms with van der Waals surface area (Å²) in [5, 5.41) is 12.9. The molecule has 10 nitrogen and oxygen atoms in total. The Hall–Kier alpha value is -4.12. The number of hydrogen-bond donors (Lipinski definition) is 5. The summed E-state index contributed by atoms with van der Waals surface area (Å²) in [5.41, 5.74) is 2.89. The molecule has 0 bridgehead atoms. The number of aryl methyl sites for hydroxylation is 1. The first kappa shape index (κ1) is 19.8. The second kappa shape index (κ2) is 7.54. The molecule has 2 amide bonds. The summed E-state index contributed by atoms with van der Waals surface area (Å²) >= 11 is 1.33. The van der Waals surface area contributed by atoms with Crippen molar-refractivity contribution < 1.29 is 9.59 Å². The Kier molecular flexibility index (Phi) is 4.67. The molecule has 0 saturated heterocycles. The molecule has 162 valence electrons. The minimum Gasteiger partial charge on any atom is -0.352 e. The molecule has 0 atom stereocenters. The summed E-state index contributed by atoms with van der Waals surface area (Å²) in [6.07, 6.45) is 3.45. The predicted molar refractivity (Wildman–Crippen MR) is 123 cm³/mol. The Morgan fingerprint density at radius 3 is 2.75 bits per heavy atom. The van der Waals surface area contributed by atoms with Crippen LogP contribution in [0.25, 0.3) is 32.4 Å². The van der Waals surface area contributed by atoms with E-state index in [0.29, 0.717) is 44.7 Å². The molecule has 5 aromatic rings. The van der Waals surface area contributed by atoms with E-state index in [-0.39, 0.29) is 17.5 Å². The summed E-state index contributed by atoms with van der Waals surface area (Å²) < 4.78 is 1.48. The number of imidazole rings is 1. The maximum Gasteiger partial charge on any atom is 0.326 e. The number of aromatic amines is 3. The summed E-state index contributed by atoms with van der Waals surface area (Å²) in [6, 6.07) is 7.10. The zero-order valence-corrected chi connectivity index (χ0v) is 18.0. The normalized spacial score (nSPS) is 11.3. The Balaban J connectivity index is 1.57. The van der Waals surface area contributed by atoms with Gasteiger partial charge in [0.05, 0.1) is 33.2 Å². The number of aromatic nitrogens is 5. The van der Waals surface area contributed by atoms with Crippen LogP contribution in [0.2, 0.25) is 0 Å². The molecule has 0 fully saturated rings. The van der Waals surface area contributed by atoms with Crippen molar-refractivity contribution >= 4 is 50.9 Å². The fourth-order valence-electron chi connectivity index (χ4n) is 3.67. The second-order valence-electron chi connectivity index (χ2n) is 7.24. The van der Waals surface area contributed by atoms with Crippen molar-refractivity contribution in [1.82, 2.24) is 30.0 Å². The lowest BCUT2D eigenvalue weighted by Gasteiger charge is -2.06. The third kappa shape index (κ3) is 3.19. The highest BCUT2D eigenvalue weighted by molar-refractivity contribution is 7.17. The van der Waals surface area contributed by atoms with Crippen LogP contribution in [0.15, 0.2) is 41.5 Å². The van der Waals surface area contributed by atoms with Crippen molar-refractivity contribution in [2.75, 3.05) is 11.9 Å². The molecule has 0 saturated carbocycles. The standard InChI is InChI=1S/C21H19N7O3S/c1-3-22-20(30)17-11-6-14-13(26-21(31)28(14)2)7-12(11)25-18(17)27-19(29)16-5-4-15(32-16)10-8-23-24-9-10/h4-9,25H,3H2,1-2H3,(H,22,30)(H,23,24)(H,26,31)(H,27,29). The van der Waals surface area contributed by atoms with E-state index in [4.69, 9.17) is 0 Å². The first-order valence-electron chi connectivity index (χ1n) is 9.89. The maximum atomic E-state index is 13.0. The van der Waals surface area contributed by atoms with E-state index in [1.165, 1.54) is 15.9 Å². The predicted octanol–water partition coefficient (Wildman–Crippen LogP) is 2.80. The fourth-order valence-corrected chi connectivity index (χ4v) is 4.55. The topological polar surface area (TPSA) is 140 Å². The fraction of sp³-hybridized carbons (Fsp3) is 0.143. The molecular formula is C21H19N7O3S. The van der Waals surface area contributed by atoms with E-state index >= 15 is 0 Å². The van der Waals surface area contributed by atoms with Crippen LogP contribution in [-0.2, 0) is 7.05 Å². The minimum atomic E-state index is -0.334. The van der Waals surface area contributed by atoms with Crippen molar-refractivity contribution in [2.24, 2.45) is 7.05 Å². The smallest absolute Gasteiger partial charge is 0.326 e. The number of thiophene rings is 1. The lowest BCUT2D eigenvalue weighted by molar-refractivity contribution is 0.0958. The monoisotopic (exact) mass is 449 g/mol. The van der Waals surface area contributed by atoms with E-state index in [9.17, 15) is 14.4 Å². The molecule has 11 heteroatoms. The van der Waals surface area contributed by atoms with Crippen LogP contribution in [0.5, 0.6) is 0 Å². The quantitative estimate of drug-likeness (QED) is 0.281. The van der Waals surface area contributed by atoms with Gasteiger partial charge < -0.3 is 20.6 Å². The highest BCUT2D eigenvalue weighted by atomic mass is 32.1. The number of fused-ring (bicyclic) bond motifs is 2. The van der Waals surface area contributed by atoms with E-state index in [1.807, 2.05) is 13.0 Å². The van der Waals surface area contributed by atoms with Gasteiger partial charge in [-0.15, -0.1) is 11.3 Å². The second-order valence-corrected chi connectivity index (χ2v) is 8.33. The first-order valence-corrected chi connectivity index (χ1v) is 10.7. The van der Waals surface area contributed by atoms with Gasteiger partial charge in [-0.2, -0.15) is 5.10 Å². The van der Waals surface area contributed by atoms with Crippen molar-refractivity contribution in [3.05, 3.63) is 57.6 Å². The van der Waals surface area contributed by atoms with Gasteiger partial charge in [0.25, 0.3) is 11.8 Å². The van der Waals surface area contributed by atoms with Crippen molar-refractivity contribution in [2.45, 2.75) is 6.92 Å². The number of H-pyrrole nitrogens is 3. The van der Waals surface area contributed by atoms with Gasteiger partial charge in [-0.25, -0.2) is 4.79 Å². The van der Waals surface area contributed by atoms with E-state index < -0.39 is 0 Å². The summed E-state index contributed by atoms with van der Waals surface area (Å²) in [4.78, 5) is 45.1. The van der Waals surface area contributed by atoms with Gasteiger partial charge in [0.15, 0.2) is 0 Å². The third-order valence-electron chi connectivity index (χ3n) is 5.24. The van der Waals surface area contributed by atoms with E-state index in [1.54, 1.807) is 37.6 Å². The van der Waals surface area contributed by atoms with Crippen LogP contribution in [0, 0.1) is 0 Å². The zero-order chi connectivity index (χ0) is 22.4. The molecule has 0 aliphatic rings. The Bertz CT molecular complexity index is 1530. The molecule has 0 radical (unpaired) electrons. The first-order chi connectivity index (χ1) is 15.5. The summed E-state index contributed by atoms with van der Waals surface area (Å²) in [5.74, 6) is -0.356. The number of nitrogens with zero attached hydrogens (tertiary/aromatic N) is 2. The number of nitrogens with one attached hydrogen (secondary N) is 5. The van der Waals surface area contributed by atoms with Crippen molar-refractivity contribution in [1.29, 1.82) is 0 Å². The van der Waals surface area contributed by atoms with Crippen LogP contribution in [0.1, 0.15) is 27.0 Å². The minimum absolute atomic E-state index is 0.244. The molecule has 4 aromatic heterocycles. The van der Waals surface area contributed by atoms with Crippen LogP contribution >= 0.6 is 11.3 Å². The number of anilines is 1. The molecule has 1 aromatic carbocycles. The maximum absolute atomic E-state index is 13.0. The lowest BCUT2D eigenvalue weighted by Crippen LogP contribution is -2.24. The Morgan fingerprint density at radius 1 is 1.16 bits per heavy atom. The average Bonchev–Trinajstić information content (AvgIpc) is 3.53. The molecule has 4 heterocycles. The molecule has 5 rings (SSSR count). The number of benzene rings is 1. The number of hydrogen-bond acceptors (Lipinski definition) is 5. The SMILES string of the molecule is CCNC(=O)c1c(NC(=O)c2ccc(-c3cn[nH]c3)s2)[nH]c2cc3[nH]c(=O)n(C)c3cc12. The highest BCUT2D eigenvalue weighted by Gasteiger charge is 2.22. The Morgan fingerprint density at radius 2 is 2.00 bits per heavy atom. The summed E-state index contributed by atoms with van der Waals surface area (Å²) in [6.45, 7) is 2.25. The van der Waals surface area contributed by atoms with Crippen LogP contribution in [0.3, 0.4) is 0 Å². The molecule has 5 N–H and O–H groups in total. The van der Waals surface area contributed by atoms with Gasteiger partial charge in [0, 0.05) is 35.6 Å². The Labute approximate surface area is 184 Å². The van der Waals surface area contributed by atoms with Crippen LogP contribution in [0.4, 0.5) is 5.82 Å². The van der Waals surface area contributed by atoms with Gasteiger partial charge in [-0.05, 0) is 31.2 Å². The molecule has 0 aliphatic heterocycles. The zero-order valence-electron chi connectivity index (χ0n) is 17.2. The molecule has 0 aliphatic carbocycles. The molecule has 0 unspecified atom stereocenters. The highest BCUT2D eigenvalue weighted by Crippen LogP contribution is 2.31. The van der Waals surface area contributed by atoms with Crippen molar-refractivity contribution in [3.63, 3.8) is 0 Å². The van der Waals surface area contributed by atoms with Gasteiger partial charge in [-0.3, -0.25) is 19.3 Å². The number of carbonyl (C=O) groups is 2. The lowest BCUT2D eigenvalue weighted by atomic mass is 10.1. The summed E-state index contributed by atoms with van der Waals surface area (Å²) in [7, 11) is 1.66. The van der Waals surface area contributed by atoms with Gasteiger partial charge >= 0.3 is 5.69 Å².